The van der Waals surface area contributed by atoms with Crippen LogP contribution in [-0.2, 0) is 4.79 Å². The summed E-state index contributed by atoms with van der Waals surface area (Å²) in [4.78, 5) is 42.8. The van der Waals surface area contributed by atoms with Crippen molar-refractivity contribution in [2.75, 3.05) is 0 Å². The molecule has 0 aliphatic carbocycles. The van der Waals surface area contributed by atoms with Crippen LogP contribution in [0, 0.1) is 6.92 Å². The first kappa shape index (κ1) is 32.7. The standard InChI is InChI=1S/C14H18O3.C8H7ClO2.C7H6O4/c15-13(12-8-4-3-5-9-12)10-6-1-2-7-11-14(16)17;1-5-4-6(9)2-3-7(5)8(10)11;8-4-2-1-3-5(9)6(4)7(10)11/h3-5,8-9H,1-2,6-7,10-11H2,(H,16,17);2-4H,1H3,(H,10,11);1-3,8-9H,(H,10,11). The van der Waals surface area contributed by atoms with Crippen LogP contribution in [-0.4, -0.2) is 49.2 Å². The number of rotatable bonds is 10. The number of carbonyl (C=O) groups excluding carboxylic acids is 1. The van der Waals surface area contributed by atoms with E-state index in [9.17, 15) is 19.2 Å². The van der Waals surface area contributed by atoms with Gasteiger partial charge in [-0.05, 0) is 55.7 Å². The molecule has 0 fully saturated rings. The number of phenols is 2. The van der Waals surface area contributed by atoms with Gasteiger partial charge in [-0.25, -0.2) is 9.59 Å². The molecule has 10 heteroatoms. The minimum atomic E-state index is -1.35. The summed E-state index contributed by atoms with van der Waals surface area (Å²) in [6.45, 7) is 1.72. The van der Waals surface area contributed by atoms with Crippen molar-refractivity contribution in [3.05, 3.63) is 94.0 Å². The van der Waals surface area contributed by atoms with Gasteiger partial charge in [0.05, 0.1) is 5.56 Å². The van der Waals surface area contributed by atoms with Crippen molar-refractivity contribution in [3.63, 3.8) is 0 Å². The maximum absolute atomic E-state index is 11.7. The van der Waals surface area contributed by atoms with Gasteiger partial charge < -0.3 is 25.5 Å². The number of carboxylic acids is 3. The van der Waals surface area contributed by atoms with E-state index in [1.165, 1.54) is 24.3 Å². The van der Waals surface area contributed by atoms with Crippen molar-refractivity contribution >= 4 is 35.3 Å². The SMILES string of the molecule is Cc1cc(Cl)ccc1C(=O)O.O=C(O)CCCCCCC(=O)c1ccccc1.O=C(O)c1c(O)cccc1O. The Labute approximate surface area is 230 Å². The van der Waals surface area contributed by atoms with Crippen molar-refractivity contribution < 1.29 is 44.7 Å². The Hall–Kier alpha value is -4.37. The number of aryl methyl sites for hydroxylation is 1. The number of aromatic hydroxyl groups is 2. The zero-order chi connectivity index (χ0) is 29.4. The van der Waals surface area contributed by atoms with Crippen molar-refractivity contribution in [1.82, 2.24) is 0 Å². The van der Waals surface area contributed by atoms with Crippen LogP contribution in [0.15, 0.2) is 66.7 Å². The van der Waals surface area contributed by atoms with Gasteiger partial charge in [0.15, 0.2) is 5.78 Å². The van der Waals surface area contributed by atoms with Crippen molar-refractivity contribution in [2.24, 2.45) is 0 Å². The molecule has 208 valence electrons. The lowest BCUT2D eigenvalue weighted by molar-refractivity contribution is -0.137. The third kappa shape index (κ3) is 12.6. The number of halogens is 1. The molecule has 39 heavy (non-hydrogen) atoms. The fraction of sp³-hybridized carbons (Fsp3) is 0.241. The highest BCUT2D eigenvalue weighted by Crippen LogP contribution is 2.25. The molecule has 3 aromatic carbocycles. The Balaban J connectivity index is 0.000000304. The average Bonchev–Trinajstić information content (AvgIpc) is 2.86. The molecule has 0 heterocycles. The minimum absolute atomic E-state index is 0.170. The van der Waals surface area contributed by atoms with Crippen LogP contribution < -0.4 is 0 Å². The molecule has 3 aromatic rings. The molecule has 0 radical (unpaired) electrons. The van der Waals surface area contributed by atoms with Crippen molar-refractivity contribution in [2.45, 2.75) is 45.4 Å². The second kappa shape index (κ2) is 17.2. The Morgan fingerprint density at radius 2 is 1.26 bits per heavy atom. The second-order valence-electron chi connectivity index (χ2n) is 8.34. The highest BCUT2D eigenvalue weighted by molar-refractivity contribution is 6.30. The van der Waals surface area contributed by atoms with E-state index in [4.69, 9.17) is 37.1 Å². The molecule has 9 nitrogen and oxygen atoms in total. The van der Waals surface area contributed by atoms with Crippen LogP contribution in [0.5, 0.6) is 11.5 Å². The molecule has 0 spiro atoms. The van der Waals surface area contributed by atoms with E-state index >= 15 is 0 Å². The number of hydrogen-bond donors (Lipinski definition) is 5. The van der Waals surface area contributed by atoms with E-state index in [0.29, 0.717) is 29.0 Å². The van der Waals surface area contributed by atoms with Gasteiger partial charge in [-0.3, -0.25) is 9.59 Å². The van der Waals surface area contributed by atoms with Gasteiger partial charge in [0.25, 0.3) is 0 Å². The first-order valence-corrected chi connectivity index (χ1v) is 12.4. The lowest BCUT2D eigenvalue weighted by Crippen LogP contribution is -1.98. The number of ketones is 1. The van der Waals surface area contributed by atoms with E-state index in [0.717, 1.165) is 24.8 Å². The number of aromatic carboxylic acids is 2. The lowest BCUT2D eigenvalue weighted by Gasteiger charge is -2.01. The second-order valence-corrected chi connectivity index (χ2v) is 8.77. The van der Waals surface area contributed by atoms with Crippen LogP contribution in [0.3, 0.4) is 0 Å². The molecular weight excluding hydrogens is 528 g/mol. The number of aliphatic carboxylic acids is 1. The Morgan fingerprint density at radius 1 is 0.692 bits per heavy atom. The molecule has 0 aliphatic heterocycles. The fourth-order valence-electron chi connectivity index (χ4n) is 3.30. The molecule has 5 N–H and O–H groups in total. The normalized spacial score (nSPS) is 9.79. The predicted octanol–water partition coefficient (Wildman–Crippen LogP) is 6.44. The van der Waals surface area contributed by atoms with E-state index in [2.05, 4.69) is 0 Å². The van der Waals surface area contributed by atoms with Gasteiger partial charge in [-0.15, -0.1) is 0 Å². The summed E-state index contributed by atoms with van der Waals surface area (Å²) in [5.41, 5.74) is 1.28. The predicted molar refractivity (Wildman–Crippen MR) is 146 cm³/mol. The summed E-state index contributed by atoms with van der Waals surface area (Å²) in [5.74, 6) is -3.70. The van der Waals surface area contributed by atoms with Gasteiger partial charge >= 0.3 is 17.9 Å². The van der Waals surface area contributed by atoms with Crippen LogP contribution in [0.25, 0.3) is 0 Å². The topological polar surface area (TPSA) is 169 Å². The number of carbonyl (C=O) groups is 4. The van der Waals surface area contributed by atoms with Crippen molar-refractivity contribution in [3.8, 4) is 11.5 Å². The van der Waals surface area contributed by atoms with E-state index in [-0.39, 0.29) is 12.2 Å². The molecule has 0 saturated heterocycles. The fourth-order valence-corrected chi connectivity index (χ4v) is 3.52. The third-order valence-electron chi connectivity index (χ3n) is 5.29. The summed E-state index contributed by atoms with van der Waals surface area (Å²) < 4.78 is 0. The molecule has 0 saturated carbocycles. The number of hydrogen-bond acceptors (Lipinski definition) is 6. The van der Waals surface area contributed by atoms with Crippen LogP contribution >= 0.6 is 11.6 Å². The molecule has 3 rings (SSSR count). The maximum Gasteiger partial charge on any atom is 0.343 e. The third-order valence-corrected chi connectivity index (χ3v) is 5.53. The highest BCUT2D eigenvalue weighted by atomic mass is 35.5. The summed E-state index contributed by atoms with van der Waals surface area (Å²) in [7, 11) is 0. The number of benzene rings is 3. The van der Waals surface area contributed by atoms with Crippen LogP contribution in [0.1, 0.15) is 75.2 Å². The highest BCUT2D eigenvalue weighted by Gasteiger charge is 2.13. The summed E-state index contributed by atoms with van der Waals surface area (Å²) in [6.07, 6.45) is 4.13. The quantitative estimate of drug-likeness (QED) is 0.139. The van der Waals surface area contributed by atoms with Gasteiger partial charge in [-0.2, -0.15) is 0 Å². The largest absolute Gasteiger partial charge is 0.507 e. The molecule has 0 unspecified atom stereocenters. The summed E-state index contributed by atoms with van der Waals surface area (Å²) in [5, 5.41) is 43.9. The average molecular weight is 559 g/mol. The first-order chi connectivity index (χ1) is 18.4. The van der Waals surface area contributed by atoms with E-state index in [1.807, 2.05) is 30.3 Å². The number of Topliss-reactive ketones (excluding diaryl/α,β-unsaturated/α-hetero) is 1. The van der Waals surface area contributed by atoms with Crippen molar-refractivity contribution in [1.29, 1.82) is 0 Å². The van der Waals surface area contributed by atoms with Gasteiger partial charge in [0.2, 0.25) is 0 Å². The zero-order valence-corrected chi connectivity index (χ0v) is 22.1. The monoisotopic (exact) mass is 558 g/mol. The summed E-state index contributed by atoms with van der Waals surface area (Å²) in [6, 6.07) is 17.7. The van der Waals surface area contributed by atoms with Gasteiger partial charge in [0.1, 0.15) is 17.1 Å². The first-order valence-electron chi connectivity index (χ1n) is 12.0. The molecule has 0 atom stereocenters. The Morgan fingerprint density at radius 3 is 1.72 bits per heavy atom. The maximum atomic E-state index is 11.7. The van der Waals surface area contributed by atoms with E-state index < -0.39 is 35.0 Å². The van der Waals surface area contributed by atoms with Gasteiger partial charge in [-0.1, -0.05) is 60.8 Å². The zero-order valence-electron chi connectivity index (χ0n) is 21.3. The van der Waals surface area contributed by atoms with Crippen LogP contribution in [0.2, 0.25) is 5.02 Å². The minimum Gasteiger partial charge on any atom is -0.507 e. The Kier molecular flexibility index (Phi) is 14.4. The van der Waals surface area contributed by atoms with Crippen LogP contribution in [0.4, 0.5) is 0 Å². The number of carboxylic acid groups (broad SMARTS) is 3. The lowest BCUT2D eigenvalue weighted by atomic mass is 10.0. The molecule has 0 aromatic heterocycles. The van der Waals surface area contributed by atoms with E-state index in [1.54, 1.807) is 19.1 Å². The van der Waals surface area contributed by atoms with Gasteiger partial charge in [0, 0.05) is 23.4 Å². The molecule has 0 amide bonds. The molecule has 0 bridgehead atoms. The molecule has 0 aliphatic rings. The summed E-state index contributed by atoms with van der Waals surface area (Å²) >= 11 is 5.63. The Bertz CT molecular complexity index is 1240. The smallest absolute Gasteiger partial charge is 0.343 e. The molecular formula is C29H31ClO9. The number of unbranched alkanes of at least 4 members (excludes halogenated alkanes) is 3.